The van der Waals surface area contributed by atoms with E-state index in [2.05, 4.69) is 9.71 Å². The normalized spacial score (nSPS) is 11.9. The molecule has 3 N–H and O–H groups in total. The molecule has 0 radical (unpaired) electrons. The molecule has 5 rings (SSSR count). The van der Waals surface area contributed by atoms with Gasteiger partial charge in [0.25, 0.3) is 21.5 Å². The largest absolute Gasteiger partial charge is 0.331 e. The number of H-pyrrole nitrogens is 1. The summed E-state index contributed by atoms with van der Waals surface area (Å²) < 4.78 is 84.3. The molecule has 0 bridgehead atoms. The average molecular weight is 647 g/mol. The Morgan fingerprint density at radius 2 is 1.74 bits per heavy atom. The van der Waals surface area contributed by atoms with Crippen LogP contribution in [0.15, 0.2) is 88.7 Å². The number of nitrogens with one attached hydrogen (secondary N) is 3. The van der Waals surface area contributed by atoms with Crippen LogP contribution in [-0.4, -0.2) is 38.5 Å². The number of hydrogen-bond acceptors (Lipinski definition) is 6. The summed E-state index contributed by atoms with van der Waals surface area (Å²) in [7, 11) is -8.38. The first kappa shape index (κ1) is 29.9. The van der Waals surface area contributed by atoms with Crippen molar-refractivity contribution in [3.05, 3.63) is 117 Å². The zero-order valence-corrected chi connectivity index (χ0v) is 24.4. The van der Waals surface area contributed by atoms with Crippen LogP contribution >= 0.6 is 11.6 Å². The lowest BCUT2D eigenvalue weighted by molar-refractivity contribution is 0.0974. The van der Waals surface area contributed by atoms with E-state index in [0.717, 1.165) is 36.6 Å². The second kappa shape index (κ2) is 11.3. The number of aromatic nitrogens is 2. The van der Waals surface area contributed by atoms with E-state index in [-0.39, 0.29) is 44.0 Å². The summed E-state index contributed by atoms with van der Waals surface area (Å²) in [4.78, 5) is 28.9. The van der Waals surface area contributed by atoms with Gasteiger partial charge in [-0.2, -0.15) is 0 Å². The smallest absolute Gasteiger partial charge is 0.282 e. The molecular formula is C28H21ClF2N4O6S2. The molecule has 10 nitrogen and oxygen atoms in total. The van der Waals surface area contributed by atoms with E-state index in [0.29, 0.717) is 0 Å². The molecule has 0 aliphatic rings. The van der Waals surface area contributed by atoms with Gasteiger partial charge in [0.1, 0.15) is 17.3 Å². The van der Waals surface area contributed by atoms with E-state index in [1.807, 2.05) is 4.72 Å². The third kappa shape index (κ3) is 6.30. The molecule has 0 saturated carbocycles. The molecule has 0 saturated heterocycles. The Balaban J connectivity index is 1.72. The molecule has 3 aromatic carbocycles. The van der Waals surface area contributed by atoms with Crippen LogP contribution in [0.1, 0.15) is 16.1 Å². The van der Waals surface area contributed by atoms with Gasteiger partial charge in [-0.3, -0.25) is 14.3 Å². The maximum Gasteiger partial charge on any atom is 0.282 e. The molecule has 0 aliphatic heterocycles. The van der Waals surface area contributed by atoms with Crippen molar-refractivity contribution >= 4 is 54.1 Å². The minimum absolute atomic E-state index is 0.00338. The zero-order valence-electron chi connectivity index (χ0n) is 22.1. The monoisotopic (exact) mass is 646 g/mol. The minimum atomic E-state index is -4.64. The first-order valence-corrected chi connectivity index (χ1v) is 16.1. The van der Waals surface area contributed by atoms with Crippen molar-refractivity contribution in [2.45, 2.75) is 11.4 Å². The molecule has 1 amide bonds. The highest BCUT2D eigenvalue weighted by molar-refractivity contribution is 7.92. The Morgan fingerprint density at radius 1 is 0.977 bits per heavy atom. The predicted octanol–water partition coefficient (Wildman–Crippen LogP) is 4.47. The lowest BCUT2D eigenvalue weighted by Crippen LogP contribution is -2.33. The Morgan fingerprint density at radius 3 is 2.47 bits per heavy atom. The Hall–Kier alpha value is -4.53. The summed E-state index contributed by atoms with van der Waals surface area (Å²) in [5, 5.41) is 0.493. The molecule has 0 unspecified atom stereocenters. The highest BCUT2D eigenvalue weighted by atomic mass is 35.5. The Labute approximate surface area is 249 Å². The Kier molecular flexibility index (Phi) is 7.86. The van der Waals surface area contributed by atoms with Gasteiger partial charge in [-0.05, 0) is 66.7 Å². The van der Waals surface area contributed by atoms with Gasteiger partial charge >= 0.3 is 0 Å². The number of anilines is 1. The Bertz CT molecular complexity index is 2200. The summed E-state index contributed by atoms with van der Waals surface area (Å²) in [5.41, 5.74) is -0.947. The van der Waals surface area contributed by atoms with Gasteiger partial charge < -0.3 is 9.55 Å². The molecule has 0 spiro atoms. The van der Waals surface area contributed by atoms with Crippen LogP contribution in [0, 0.1) is 11.6 Å². The van der Waals surface area contributed by atoms with Crippen LogP contribution in [0.5, 0.6) is 0 Å². The number of pyridine rings is 1. The maximum absolute atomic E-state index is 14.8. The third-order valence-corrected chi connectivity index (χ3v) is 8.51. The number of hydrogen-bond donors (Lipinski definition) is 3. The summed E-state index contributed by atoms with van der Waals surface area (Å²) in [6.07, 6.45) is 2.25. The van der Waals surface area contributed by atoms with Crippen LogP contribution in [-0.2, 0) is 26.6 Å². The van der Waals surface area contributed by atoms with E-state index in [1.54, 1.807) is 0 Å². The fraction of sp³-hybridized carbons (Fsp3) is 0.0714. The fourth-order valence-electron chi connectivity index (χ4n) is 4.62. The van der Waals surface area contributed by atoms with Gasteiger partial charge in [0.15, 0.2) is 0 Å². The number of halogens is 3. The lowest BCUT2D eigenvalue weighted by Gasteiger charge is -2.14. The summed E-state index contributed by atoms with van der Waals surface area (Å²) in [5.74, 6) is -2.74. The van der Waals surface area contributed by atoms with E-state index in [4.69, 9.17) is 11.6 Å². The SMILES string of the molecule is CS(=O)(=O)Nc1cccc(S(=O)(=O)NC(=O)c2c(-c3ccc[nH]c3=O)c3cc(Cl)ccc3n2Cc2cc(F)ccc2F)c1. The predicted molar refractivity (Wildman–Crippen MR) is 158 cm³/mol. The molecule has 5 aromatic rings. The first-order chi connectivity index (χ1) is 20.2. The molecule has 43 heavy (non-hydrogen) atoms. The van der Waals surface area contributed by atoms with E-state index >= 15 is 0 Å². The summed E-state index contributed by atoms with van der Waals surface area (Å²) >= 11 is 6.26. The van der Waals surface area contributed by atoms with Gasteiger partial charge in [-0.25, -0.2) is 30.3 Å². The van der Waals surface area contributed by atoms with Crippen LogP contribution in [0.25, 0.3) is 22.0 Å². The summed E-state index contributed by atoms with van der Waals surface area (Å²) in [6.45, 7) is -0.428. The lowest BCUT2D eigenvalue weighted by atomic mass is 10.0. The van der Waals surface area contributed by atoms with Crippen molar-refractivity contribution in [3.8, 4) is 11.1 Å². The molecule has 15 heteroatoms. The van der Waals surface area contributed by atoms with E-state index in [9.17, 15) is 35.2 Å². The number of carbonyl (C=O) groups is 1. The van der Waals surface area contributed by atoms with E-state index in [1.165, 1.54) is 53.2 Å². The molecule has 2 heterocycles. The standard InChI is InChI=1S/C28H21ClF2N4O6S2/c1-42(38,39)33-19-4-2-5-20(14-19)43(40,41)34-28(37)26-25(21-6-3-11-32-27(21)36)22-13-17(29)7-10-24(22)35(26)15-16-12-18(30)8-9-23(16)31/h2-14,33H,15H2,1H3,(H,32,36)(H,34,37). The number of nitrogens with zero attached hydrogens (tertiary/aromatic N) is 1. The second-order valence-corrected chi connectivity index (χ2v) is 13.3. The first-order valence-electron chi connectivity index (χ1n) is 12.3. The third-order valence-electron chi connectivity index (χ3n) is 6.34. The van der Waals surface area contributed by atoms with Gasteiger partial charge in [-0.1, -0.05) is 17.7 Å². The molecule has 0 fully saturated rings. The molecule has 0 atom stereocenters. The average Bonchev–Trinajstić information content (AvgIpc) is 3.23. The van der Waals surface area contributed by atoms with Crippen molar-refractivity contribution in [1.82, 2.24) is 14.3 Å². The number of benzene rings is 3. The fourth-order valence-corrected chi connectivity index (χ4v) is 6.35. The molecular weight excluding hydrogens is 626 g/mol. The molecule has 222 valence electrons. The number of fused-ring (bicyclic) bond motifs is 1. The minimum Gasteiger partial charge on any atom is -0.331 e. The van der Waals surface area contributed by atoms with E-state index < -0.39 is 54.6 Å². The number of carbonyl (C=O) groups excluding carboxylic acids is 1. The van der Waals surface area contributed by atoms with Crippen molar-refractivity contribution < 1.29 is 30.4 Å². The van der Waals surface area contributed by atoms with Gasteiger partial charge in [0.2, 0.25) is 10.0 Å². The number of sulfonamides is 2. The van der Waals surface area contributed by atoms with Crippen LogP contribution < -0.4 is 15.0 Å². The van der Waals surface area contributed by atoms with Crippen molar-refractivity contribution in [2.75, 3.05) is 11.0 Å². The van der Waals surface area contributed by atoms with Crippen LogP contribution in [0.3, 0.4) is 0 Å². The number of rotatable bonds is 8. The second-order valence-electron chi connectivity index (χ2n) is 9.46. The van der Waals surface area contributed by atoms with Crippen molar-refractivity contribution in [3.63, 3.8) is 0 Å². The maximum atomic E-state index is 14.8. The van der Waals surface area contributed by atoms with Crippen molar-refractivity contribution in [2.24, 2.45) is 0 Å². The van der Waals surface area contributed by atoms with Crippen LogP contribution in [0.4, 0.5) is 14.5 Å². The zero-order chi connectivity index (χ0) is 31.1. The van der Waals surface area contributed by atoms with Gasteiger partial charge in [-0.15, -0.1) is 0 Å². The number of aromatic amines is 1. The topological polar surface area (TPSA) is 147 Å². The van der Waals surface area contributed by atoms with Crippen LogP contribution in [0.2, 0.25) is 5.02 Å². The molecule has 2 aromatic heterocycles. The van der Waals surface area contributed by atoms with Gasteiger partial charge in [0, 0.05) is 44.5 Å². The number of amides is 1. The highest BCUT2D eigenvalue weighted by Crippen LogP contribution is 2.36. The van der Waals surface area contributed by atoms with Crippen molar-refractivity contribution in [1.29, 1.82) is 0 Å². The summed E-state index contributed by atoms with van der Waals surface area (Å²) in [6, 6.07) is 14.9. The highest BCUT2D eigenvalue weighted by Gasteiger charge is 2.29. The molecule has 0 aliphatic carbocycles. The quantitative estimate of drug-likeness (QED) is 0.227. The van der Waals surface area contributed by atoms with Gasteiger partial charge in [0.05, 0.1) is 17.7 Å².